The van der Waals surface area contributed by atoms with Gasteiger partial charge < -0.3 is 28.6 Å². The average Bonchev–Trinajstić information content (AvgIpc) is 3.23. The molecule has 0 saturated carbocycles. The second-order valence-corrected chi connectivity index (χ2v) is 16.3. The molecule has 0 amide bonds. The summed E-state index contributed by atoms with van der Waals surface area (Å²) in [7, 11) is 5.38. The summed E-state index contributed by atoms with van der Waals surface area (Å²) in [5, 5.41) is 11.6. The van der Waals surface area contributed by atoms with E-state index in [0.29, 0.717) is 6.42 Å². The van der Waals surface area contributed by atoms with E-state index in [9.17, 15) is 19.5 Å². The lowest BCUT2D eigenvalue weighted by Gasteiger charge is -2.34. The fraction of sp³-hybridized carbons (Fsp3) is 0.574. The van der Waals surface area contributed by atoms with Crippen molar-refractivity contribution in [3.63, 3.8) is 0 Å². The highest BCUT2D eigenvalue weighted by molar-refractivity contribution is 5.70. The Bertz CT molecular complexity index is 1420. The Labute approximate surface area is 378 Å². The maximum Gasteiger partial charge on any atom is 0.306 e. The molecule has 0 aromatic rings. The van der Waals surface area contributed by atoms with Crippen molar-refractivity contribution in [2.45, 2.75) is 161 Å². The summed E-state index contributed by atoms with van der Waals surface area (Å²) in [6.07, 6.45) is 60.8. The minimum atomic E-state index is -1.14. The number of rotatable bonds is 40. The van der Waals surface area contributed by atoms with Gasteiger partial charge in [-0.2, -0.15) is 0 Å². The molecule has 348 valence electrons. The maximum absolute atomic E-state index is 12.8. The van der Waals surface area contributed by atoms with Crippen molar-refractivity contribution in [1.82, 2.24) is 0 Å². The second-order valence-electron chi connectivity index (χ2n) is 16.3. The molecule has 8 heteroatoms. The summed E-state index contributed by atoms with van der Waals surface area (Å²) in [6, 6.07) is -0.743. The van der Waals surface area contributed by atoms with Crippen LogP contribution >= 0.6 is 0 Å². The number of carbonyl (C=O) groups is 3. The van der Waals surface area contributed by atoms with Gasteiger partial charge in [0.1, 0.15) is 12.6 Å². The van der Waals surface area contributed by atoms with Crippen LogP contribution in [0.4, 0.5) is 0 Å². The molecule has 0 aromatic carbocycles. The summed E-state index contributed by atoms with van der Waals surface area (Å²) in [5.41, 5.74) is 0. The molecular formula is C54H85NO7. The van der Waals surface area contributed by atoms with Crippen molar-refractivity contribution >= 4 is 17.9 Å². The predicted octanol–water partition coefficient (Wildman–Crippen LogP) is 12.1. The van der Waals surface area contributed by atoms with E-state index in [0.717, 1.165) is 116 Å². The van der Waals surface area contributed by atoms with E-state index in [-0.39, 0.29) is 49.1 Å². The van der Waals surface area contributed by atoms with Crippen LogP contribution in [0.25, 0.3) is 0 Å². The molecule has 0 aliphatic heterocycles. The highest BCUT2D eigenvalue weighted by Gasteiger charge is 2.25. The number of allylic oxidation sites excluding steroid dienone is 20. The minimum absolute atomic E-state index is 0.0130. The van der Waals surface area contributed by atoms with Crippen LogP contribution < -0.4 is 5.11 Å². The molecule has 0 aromatic heterocycles. The number of hydrogen-bond acceptors (Lipinski definition) is 7. The quantitative estimate of drug-likeness (QED) is 0.0199. The van der Waals surface area contributed by atoms with Crippen molar-refractivity contribution in [2.24, 2.45) is 0 Å². The Morgan fingerprint density at radius 3 is 1.45 bits per heavy atom. The number of quaternary nitrogens is 1. The largest absolute Gasteiger partial charge is 0.544 e. The van der Waals surface area contributed by atoms with Gasteiger partial charge in [0, 0.05) is 19.3 Å². The summed E-state index contributed by atoms with van der Waals surface area (Å²) in [6.45, 7) is 4.33. The first-order chi connectivity index (χ1) is 30.1. The molecule has 0 spiro atoms. The number of ether oxygens (including phenoxy) is 3. The number of carboxylic acids is 1. The lowest BCUT2D eigenvalue weighted by Crippen LogP contribution is -2.55. The first-order valence-corrected chi connectivity index (χ1v) is 23.6. The molecule has 2 unspecified atom stereocenters. The molecular weight excluding hydrogens is 775 g/mol. The SMILES string of the molecule is CC/C=C/C=C/C=C/C=C/CCCCCCCC(=O)OCC(COCCC(C(=O)[O-])[N+](C)(C)C)OC(=O)CCCCCC/C=C/C/C=C/C/C=C/C/C=C/C/C=C/C/C=C/CC. The Kier molecular flexibility index (Phi) is 40.4. The van der Waals surface area contributed by atoms with Gasteiger partial charge in [0.25, 0.3) is 0 Å². The summed E-state index contributed by atoms with van der Waals surface area (Å²) < 4.78 is 17.1. The zero-order valence-electron chi connectivity index (χ0n) is 39.5. The Morgan fingerprint density at radius 2 is 0.935 bits per heavy atom. The molecule has 0 rings (SSSR count). The summed E-state index contributed by atoms with van der Waals surface area (Å²) >= 11 is 0. The highest BCUT2D eigenvalue weighted by Crippen LogP contribution is 2.12. The molecule has 0 heterocycles. The van der Waals surface area contributed by atoms with E-state index >= 15 is 0 Å². The maximum atomic E-state index is 12.8. The number of esters is 2. The monoisotopic (exact) mass is 860 g/mol. The fourth-order valence-corrected chi connectivity index (χ4v) is 6.08. The van der Waals surface area contributed by atoms with Crippen molar-refractivity contribution in [3.8, 4) is 0 Å². The standard InChI is InChI=1S/C54H85NO7/c1-6-8-10-12-14-16-18-20-22-23-24-25-26-27-28-29-31-33-35-37-39-41-43-45-53(57)62-50(48-60-47-46-51(54(58)59)55(3,4)5)49-61-52(56)44-42-40-38-36-34-32-30-21-19-17-15-13-11-9-7-2/h8-11,13-17,19-22,24-25,27-28,30-31,33,50-51H,6-7,12,18,23,26,29,32,34-49H2,1-5H3/b10-8+,11-9+,15-13+,16-14+,19-17+,22-20+,25-24+,28-27+,30-21+,33-31+. The van der Waals surface area contributed by atoms with Crippen LogP contribution in [0, 0.1) is 0 Å². The summed E-state index contributed by atoms with van der Waals surface area (Å²) in [4.78, 5) is 36.9. The van der Waals surface area contributed by atoms with Crippen LogP contribution in [-0.4, -0.2) is 75.5 Å². The fourth-order valence-electron chi connectivity index (χ4n) is 6.08. The third-order valence-corrected chi connectivity index (χ3v) is 9.69. The number of hydrogen-bond donors (Lipinski definition) is 0. The number of nitrogens with zero attached hydrogens (tertiary/aromatic N) is 1. The van der Waals surface area contributed by atoms with Crippen molar-refractivity contribution in [2.75, 3.05) is 41.0 Å². The number of unbranched alkanes of at least 4 members (excludes halogenated alkanes) is 9. The Balaban J connectivity index is 4.42. The smallest absolute Gasteiger partial charge is 0.306 e. The normalized spacial score (nSPS) is 14.0. The molecule has 8 nitrogen and oxygen atoms in total. The van der Waals surface area contributed by atoms with Gasteiger partial charge in [0.15, 0.2) is 6.10 Å². The van der Waals surface area contributed by atoms with Crippen LogP contribution in [0.15, 0.2) is 122 Å². The van der Waals surface area contributed by atoms with Gasteiger partial charge in [0.2, 0.25) is 0 Å². The van der Waals surface area contributed by atoms with E-state index in [1.165, 1.54) is 0 Å². The van der Waals surface area contributed by atoms with Crippen LogP contribution in [0.3, 0.4) is 0 Å². The van der Waals surface area contributed by atoms with Gasteiger partial charge in [0.05, 0.1) is 40.3 Å². The third kappa shape index (κ3) is 41.1. The lowest BCUT2D eigenvalue weighted by molar-refractivity contribution is -0.889. The Morgan fingerprint density at radius 1 is 0.500 bits per heavy atom. The first kappa shape index (κ1) is 57.7. The van der Waals surface area contributed by atoms with Gasteiger partial charge in [-0.1, -0.05) is 167 Å². The summed E-state index contributed by atoms with van der Waals surface area (Å²) in [5.74, 6) is -1.82. The van der Waals surface area contributed by atoms with Gasteiger partial charge in [-0.3, -0.25) is 9.59 Å². The second kappa shape index (κ2) is 43.4. The van der Waals surface area contributed by atoms with Crippen molar-refractivity contribution in [3.05, 3.63) is 122 Å². The van der Waals surface area contributed by atoms with E-state index in [1.807, 2.05) is 30.4 Å². The zero-order chi connectivity index (χ0) is 45.6. The molecule has 0 aliphatic carbocycles. The van der Waals surface area contributed by atoms with E-state index < -0.39 is 18.1 Å². The lowest BCUT2D eigenvalue weighted by atomic mass is 10.1. The third-order valence-electron chi connectivity index (χ3n) is 9.69. The van der Waals surface area contributed by atoms with Crippen LogP contribution in [0.1, 0.15) is 149 Å². The van der Waals surface area contributed by atoms with Crippen LogP contribution in [0.2, 0.25) is 0 Å². The Hall–Kier alpha value is -4.27. The zero-order valence-corrected chi connectivity index (χ0v) is 39.5. The number of aliphatic carboxylic acids is 1. The number of likely N-dealkylation sites (N-methyl/N-ethyl adjacent to an activating group) is 1. The van der Waals surface area contributed by atoms with Gasteiger partial charge in [-0.05, 0) is 83.5 Å². The molecule has 2 atom stereocenters. The highest BCUT2D eigenvalue weighted by atomic mass is 16.6. The van der Waals surface area contributed by atoms with E-state index in [4.69, 9.17) is 14.2 Å². The molecule has 0 bridgehead atoms. The van der Waals surface area contributed by atoms with Crippen molar-refractivity contribution < 1.29 is 38.2 Å². The average molecular weight is 860 g/mol. The van der Waals surface area contributed by atoms with Gasteiger partial charge >= 0.3 is 11.9 Å². The molecule has 0 N–H and O–H groups in total. The first-order valence-electron chi connectivity index (χ1n) is 23.6. The van der Waals surface area contributed by atoms with Crippen molar-refractivity contribution in [1.29, 1.82) is 0 Å². The van der Waals surface area contributed by atoms with Crippen LogP contribution in [0.5, 0.6) is 0 Å². The van der Waals surface area contributed by atoms with Gasteiger partial charge in [-0.25, -0.2) is 0 Å². The number of carbonyl (C=O) groups excluding carboxylic acids is 3. The molecule has 0 aliphatic rings. The minimum Gasteiger partial charge on any atom is -0.544 e. The molecule has 0 saturated heterocycles. The molecule has 62 heavy (non-hydrogen) atoms. The van der Waals surface area contributed by atoms with Crippen LogP contribution in [-0.2, 0) is 28.6 Å². The molecule has 0 fully saturated rings. The topological polar surface area (TPSA) is 102 Å². The van der Waals surface area contributed by atoms with E-state index in [1.54, 1.807) is 21.1 Å². The van der Waals surface area contributed by atoms with E-state index in [2.05, 4.69) is 105 Å². The number of carboxylic acid groups (broad SMARTS) is 1. The van der Waals surface area contributed by atoms with Gasteiger partial charge in [-0.15, -0.1) is 0 Å². The predicted molar refractivity (Wildman–Crippen MR) is 258 cm³/mol. The molecule has 0 radical (unpaired) electrons.